The van der Waals surface area contributed by atoms with E-state index in [-0.39, 0.29) is 16.7 Å². The zero-order valence-electron chi connectivity index (χ0n) is 15.5. The van der Waals surface area contributed by atoms with Crippen LogP contribution < -0.4 is 4.74 Å². The van der Waals surface area contributed by atoms with Crippen LogP contribution in [-0.2, 0) is 16.6 Å². The summed E-state index contributed by atoms with van der Waals surface area (Å²) in [6, 6.07) is 7.13. The highest BCUT2D eigenvalue weighted by atomic mass is 16.5. The molecule has 1 heterocycles. The molecule has 2 bridgehead atoms. The summed E-state index contributed by atoms with van der Waals surface area (Å²) >= 11 is 0. The highest BCUT2D eigenvalue weighted by molar-refractivity contribution is 5.87. The van der Waals surface area contributed by atoms with Gasteiger partial charge in [-0.1, -0.05) is 18.2 Å². The summed E-state index contributed by atoms with van der Waals surface area (Å²) in [6.45, 7) is 2.38. The standard InChI is InChI=1S/C23H27NO2/c1-26-18-6-4-16-11-23-12-17-5-7-21(23)24(14-15-2-3-15)9-8-22(23,13-20(17)25)19(16)10-18/h4-7,10,15,17,21H,2-3,8-9,11-14H2,1H3/t17-,21+,22+,23+/m0/s1. The Morgan fingerprint density at radius 1 is 1.23 bits per heavy atom. The Labute approximate surface area is 155 Å². The third-order valence-electron chi connectivity index (χ3n) is 8.27. The van der Waals surface area contributed by atoms with Crippen molar-refractivity contribution < 1.29 is 9.53 Å². The Kier molecular flexibility index (Phi) is 2.98. The third-order valence-corrected chi connectivity index (χ3v) is 8.27. The molecule has 136 valence electrons. The molecule has 0 radical (unpaired) electrons. The molecule has 3 nitrogen and oxygen atoms in total. The lowest BCUT2D eigenvalue weighted by Gasteiger charge is -2.62. The largest absolute Gasteiger partial charge is 0.497 e. The predicted molar refractivity (Wildman–Crippen MR) is 100 cm³/mol. The number of hydrogen-bond acceptors (Lipinski definition) is 3. The van der Waals surface area contributed by atoms with Gasteiger partial charge < -0.3 is 4.74 Å². The molecule has 0 aromatic heterocycles. The van der Waals surface area contributed by atoms with Crippen molar-refractivity contribution in [3.63, 3.8) is 0 Å². The molecular weight excluding hydrogens is 322 g/mol. The topological polar surface area (TPSA) is 29.5 Å². The molecule has 0 N–H and O–H groups in total. The number of allylic oxidation sites excluding steroid dienone is 1. The summed E-state index contributed by atoms with van der Waals surface area (Å²) in [6.07, 6.45) is 11.5. The average molecular weight is 349 g/mol. The first-order valence-corrected chi connectivity index (χ1v) is 10.3. The van der Waals surface area contributed by atoms with Gasteiger partial charge in [0.15, 0.2) is 0 Å². The number of piperidine rings is 1. The lowest BCUT2D eigenvalue weighted by molar-refractivity contribution is -0.139. The van der Waals surface area contributed by atoms with E-state index in [9.17, 15) is 4.79 Å². The molecule has 3 heteroatoms. The van der Waals surface area contributed by atoms with Crippen LogP contribution in [0.5, 0.6) is 5.75 Å². The number of carbonyl (C=O) groups excluding carboxylic acids is 1. The molecule has 1 spiro atoms. The number of fused-ring (bicyclic) bond motifs is 2. The minimum absolute atomic E-state index is 0.0277. The number of methoxy groups -OCH3 is 1. The number of ether oxygens (including phenoxy) is 1. The van der Waals surface area contributed by atoms with Gasteiger partial charge in [-0.25, -0.2) is 0 Å². The fraction of sp³-hybridized carbons (Fsp3) is 0.609. The van der Waals surface area contributed by atoms with Crippen molar-refractivity contribution in [1.29, 1.82) is 0 Å². The summed E-state index contributed by atoms with van der Waals surface area (Å²) < 4.78 is 5.55. The van der Waals surface area contributed by atoms with E-state index in [0.717, 1.165) is 43.9 Å². The summed E-state index contributed by atoms with van der Waals surface area (Å²) in [5.74, 6) is 2.46. The van der Waals surface area contributed by atoms with Crippen LogP contribution >= 0.6 is 0 Å². The van der Waals surface area contributed by atoms with Crippen molar-refractivity contribution in [2.75, 3.05) is 20.2 Å². The molecule has 26 heavy (non-hydrogen) atoms. The Balaban J connectivity index is 1.52. The van der Waals surface area contributed by atoms with E-state index in [1.165, 1.54) is 30.5 Å². The number of likely N-dealkylation sites (tertiary alicyclic amines) is 1. The SMILES string of the molecule is COc1ccc2c(c1)[C@]13CCN(CC4CC4)[C@@H]4C=C[C@@H](C[C@]41C2)C(=O)C3. The Bertz CT molecular complexity index is 825. The van der Waals surface area contributed by atoms with Gasteiger partial charge in [-0.05, 0) is 67.8 Å². The zero-order valence-corrected chi connectivity index (χ0v) is 15.5. The Morgan fingerprint density at radius 3 is 2.92 bits per heavy atom. The molecule has 1 aromatic rings. The first-order chi connectivity index (χ1) is 12.6. The molecule has 1 aliphatic heterocycles. The Hall–Kier alpha value is -1.61. The van der Waals surface area contributed by atoms with Crippen molar-refractivity contribution in [3.8, 4) is 5.75 Å². The van der Waals surface area contributed by atoms with Gasteiger partial charge in [0.2, 0.25) is 0 Å². The normalized spacial score (nSPS) is 40.3. The van der Waals surface area contributed by atoms with Gasteiger partial charge in [0.1, 0.15) is 11.5 Å². The van der Waals surface area contributed by atoms with Crippen LogP contribution in [0, 0.1) is 17.3 Å². The van der Waals surface area contributed by atoms with Crippen molar-refractivity contribution in [3.05, 3.63) is 41.5 Å². The molecule has 5 aliphatic rings. The smallest absolute Gasteiger partial charge is 0.140 e. The summed E-state index contributed by atoms with van der Waals surface area (Å²) in [4.78, 5) is 15.7. The van der Waals surface area contributed by atoms with Crippen molar-refractivity contribution in [2.45, 2.75) is 50.0 Å². The summed E-state index contributed by atoms with van der Waals surface area (Å²) in [7, 11) is 1.75. The molecule has 1 aromatic carbocycles. The van der Waals surface area contributed by atoms with Gasteiger partial charge in [-0.3, -0.25) is 9.69 Å². The molecule has 3 fully saturated rings. The molecule has 1 saturated heterocycles. The number of ketones is 1. The monoisotopic (exact) mass is 349 g/mol. The average Bonchev–Trinajstić information content (AvgIpc) is 3.43. The molecule has 4 aliphatic carbocycles. The van der Waals surface area contributed by atoms with E-state index in [4.69, 9.17) is 4.74 Å². The van der Waals surface area contributed by atoms with Crippen LogP contribution in [-0.4, -0.2) is 36.9 Å². The van der Waals surface area contributed by atoms with E-state index in [1.807, 2.05) is 0 Å². The lowest BCUT2D eigenvalue weighted by atomic mass is 9.46. The molecule has 6 rings (SSSR count). The second-order valence-electron chi connectivity index (χ2n) is 9.41. The van der Waals surface area contributed by atoms with Crippen LogP contribution in [0.25, 0.3) is 0 Å². The second kappa shape index (κ2) is 5.01. The van der Waals surface area contributed by atoms with Crippen molar-refractivity contribution >= 4 is 5.78 Å². The van der Waals surface area contributed by atoms with Gasteiger partial charge in [0, 0.05) is 35.8 Å². The fourth-order valence-electron chi connectivity index (χ4n) is 6.89. The molecule has 2 saturated carbocycles. The molecule has 4 atom stereocenters. The van der Waals surface area contributed by atoms with Gasteiger partial charge in [-0.15, -0.1) is 0 Å². The van der Waals surface area contributed by atoms with E-state index in [0.29, 0.717) is 11.8 Å². The number of hydrogen-bond donors (Lipinski definition) is 0. The maximum absolute atomic E-state index is 13.0. The van der Waals surface area contributed by atoms with E-state index < -0.39 is 0 Å². The van der Waals surface area contributed by atoms with Gasteiger partial charge in [-0.2, -0.15) is 0 Å². The number of nitrogens with zero attached hydrogens (tertiary/aromatic N) is 1. The second-order valence-corrected chi connectivity index (χ2v) is 9.41. The van der Waals surface area contributed by atoms with Crippen LogP contribution in [0.4, 0.5) is 0 Å². The highest BCUT2D eigenvalue weighted by Gasteiger charge is 2.67. The maximum atomic E-state index is 13.0. The number of rotatable bonds is 3. The van der Waals surface area contributed by atoms with Gasteiger partial charge in [0.05, 0.1) is 7.11 Å². The maximum Gasteiger partial charge on any atom is 0.140 e. The minimum Gasteiger partial charge on any atom is -0.497 e. The fourth-order valence-corrected chi connectivity index (χ4v) is 6.89. The summed E-state index contributed by atoms with van der Waals surface area (Å²) in [5, 5.41) is 0. The quantitative estimate of drug-likeness (QED) is 0.782. The molecule has 0 unspecified atom stereocenters. The zero-order chi connectivity index (χ0) is 17.5. The highest BCUT2D eigenvalue weighted by Crippen LogP contribution is 2.67. The van der Waals surface area contributed by atoms with E-state index >= 15 is 0 Å². The third kappa shape index (κ3) is 1.80. The number of benzene rings is 1. The van der Waals surface area contributed by atoms with E-state index in [1.54, 1.807) is 7.11 Å². The van der Waals surface area contributed by atoms with Gasteiger partial charge in [0.25, 0.3) is 0 Å². The van der Waals surface area contributed by atoms with Crippen LogP contribution in [0.2, 0.25) is 0 Å². The van der Waals surface area contributed by atoms with Gasteiger partial charge >= 0.3 is 0 Å². The Morgan fingerprint density at radius 2 is 2.12 bits per heavy atom. The molecular formula is C23H27NO2. The van der Waals surface area contributed by atoms with Crippen LogP contribution in [0.1, 0.15) is 43.2 Å². The number of Topliss-reactive ketones (excluding diaryl/α,β-unsaturated/α-hetero) is 1. The van der Waals surface area contributed by atoms with E-state index in [2.05, 4.69) is 35.3 Å². The van der Waals surface area contributed by atoms with Crippen LogP contribution in [0.3, 0.4) is 0 Å². The minimum atomic E-state index is 0.0277. The lowest BCUT2D eigenvalue weighted by Crippen LogP contribution is -2.66. The first-order valence-electron chi connectivity index (χ1n) is 10.3. The molecule has 0 amide bonds. The first kappa shape index (κ1) is 15.4. The predicted octanol–water partition coefficient (Wildman–Crippen LogP) is 3.51. The van der Waals surface area contributed by atoms with Crippen LogP contribution in [0.15, 0.2) is 30.4 Å². The summed E-state index contributed by atoms with van der Waals surface area (Å²) in [5.41, 5.74) is 3.13. The van der Waals surface area contributed by atoms with Crippen molar-refractivity contribution in [1.82, 2.24) is 4.90 Å². The van der Waals surface area contributed by atoms with Crippen molar-refractivity contribution in [2.24, 2.45) is 17.3 Å². The number of carbonyl (C=O) groups is 1.